The van der Waals surface area contributed by atoms with Gasteiger partial charge >= 0.3 is 0 Å². The molecule has 0 unspecified atom stereocenters. The first-order chi connectivity index (χ1) is 9.83. The molecule has 0 N–H and O–H groups in total. The molecule has 3 nitrogen and oxygen atoms in total. The van der Waals surface area contributed by atoms with Crippen molar-refractivity contribution in [1.29, 1.82) is 0 Å². The summed E-state index contributed by atoms with van der Waals surface area (Å²) in [7, 11) is 0. The van der Waals surface area contributed by atoms with Gasteiger partial charge in [0.15, 0.2) is 0 Å². The van der Waals surface area contributed by atoms with Crippen molar-refractivity contribution in [2.45, 2.75) is 25.7 Å². The predicted octanol–water partition coefficient (Wildman–Crippen LogP) is 3.18. The van der Waals surface area contributed by atoms with Crippen LogP contribution in [0.15, 0.2) is 23.6 Å². The lowest BCUT2D eigenvalue weighted by Gasteiger charge is -2.29. The molecule has 2 aliphatic heterocycles. The summed E-state index contributed by atoms with van der Waals surface area (Å²) in [5, 5.41) is 2.11. The number of hydrogen-bond donors (Lipinski definition) is 0. The van der Waals surface area contributed by atoms with Crippen LogP contribution in [0.3, 0.4) is 0 Å². The van der Waals surface area contributed by atoms with Gasteiger partial charge in [-0.25, -0.2) is 0 Å². The molecule has 0 aromatic carbocycles. The monoisotopic (exact) mass is 291 g/mol. The number of carbonyl (C=O) groups is 1. The first kappa shape index (κ1) is 13.8. The summed E-state index contributed by atoms with van der Waals surface area (Å²) in [5.41, 5.74) is 1.39. The van der Waals surface area contributed by atoms with Gasteiger partial charge in [-0.15, -0.1) is 11.3 Å². The molecule has 1 aromatic heterocycles. The van der Waals surface area contributed by atoms with E-state index in [-0.39, 0.29) is 0 Å². The smallest absolute Gasteiger partial charge is 0.223 e. The lowest BCUT2D eigenvalue weighted by atomic mass is 9.97. The zero-order chi connectivity index (χ0) is 13.8. The van der Waals surface area contributed by atoms with Crippen LogP contribution in [0.25, 0.3) is 5.57 Å². The Morgan fingerprint density at radius 3 is 3.10 bits per heavy atom. The van der Waals surface area contributed by atoms with Crippen molar-refractivity contribution in [3.63, 3.8) is 0 Å². The Hall–Kier alpha value is -1.13. The van der Waals surface area contributed by atoms with Gasteiger partial charge < -0.3 is 9.64 Å². The standard InChI is InChI=1S/C16H21NO2S/c18-16(11-13-3-1-9-19-12-13)17-7-5-14(6-8-17)15-4-2-10-20-15/h2,4-5,10,13H,1,3,6-9,11-12H2/t13-/m1/s1. The Morgan fingerprint density at radius 1 is 1.50 bits per heavy atom. The van der Waals surface area contributed by atoms with Crippen molar-refractivity contribution in [1.82, 2.24) is 4.90 Å². The highest BCUT2D eigenvalue weighted by molar-refractivity contribution is 7.11. The van der Waals surface area contributed by atoms with Gasteiger partial charge in [0.25, 0.3) is 0 Å². The Bertz CT molecular complexity index is 475. The molecule has 3 rings (SSSR count). The molecule has 2 aliphatic rings. The summed E-state index contributed by atoms with van der Waals surface area (Å²) < 4.78 is 5.46. The van der Waals surface area contributed by atoms with Crippen LogP contribution in [0.1, 0.15) is 30.6 Å². The molecule has 20 heavy (non-hydrogen) atoms. The first-order valence-electron chi connectivity index (χ1n) is 7.41. The summed E-state index contributed by atoms with van der Waals surface area (Å²) in [6.07, 6.45) is 6.08. The third kappa shape index (κ3) is 3.30. The van der Waals surface area contributed by atoms with Crippen molar-refractivity contribution in [3.8, 4) is 0 Å². The summed E-state index contributed by atoms with van der Waals surface area (Å²) in [4.78, 5) is 15.6. The predicted molar refractivity (Wildman–Crippen MR) is 81.7 cm³/mol. The van der Waals surface area contributed by atoms with Gasteiger partial charge in [0, 0.05) is 37.6 Å². The SMILES string of the molecule is O=C(C[C@H]1CCCOC1)N1CC=C(c2cccs2)CC1. The third-order valence-corrected chi connectivity index (χ3v) is 5.06. The minimum atomic E-state index is 0.293. The molecule has 0 aliphatic carbocycles. The van der Waals surface area contributed by atoms with E-state index in [0.29, 0.717) is 18.2 Å². The lowest BCUT2D eigenvalue weighted by Crippen LogP contribution is -2.36. The highest BCUT2D eigenvalue weighted by Gasteiger charge is 2.23. The van der Waals surface area contributed by atoms with Crippen LogP contribution in [0, 0.1) is 5.92 Å². The molecule has 3 heterocycles. The van der Waals surface area contributed by atoms with E-state index in [0.717, 1.165) is 45.6 Å². The van der Waals surface area contributed by atoms with Crippen molar-refractivity contribution in [3.05, 3.63) is 28.5 Å². The van der Waals surface area contributed by atoms with E-state index in [9.17, 15) is 4.79 Å². The fraction of sp³-hybridized carbons (Fsp3) is 0.562. The van der Waals surface area contributed by atoms with Crippen LogP contribution in [-0.4, -0.2) is 37.1 Å². The molecule has 0 radical (unpaired) electrons. The maximum atomic E-state index is 12.3. The van der Waals surface area contributed by atoms with E-state index in [4.69, 9.17) is 4.74 Å². The third-order valence-electron chi connectivity index (χ3n) is 4.12. The van der Waals surface area contributed by atoms with Gasteiger partial charge in [0.05, 0.1) is 0 Å². The molecule has 1 aromatic rings. The van der Waals surface area contributed by atoms with Crippen LogP contribution < -0.4 is 0 Å². The summed E-state index contributed by atoms with van der Waals surface area (Å²) in [6, 6.07) is 4.24. The van der Waals surface area contributed by atoms with Crippen LogP contribution in [-0.2, 0) is 9.53 Å². The van der Waals surface area contributed by atoms with Gasteiger partial charge in [0.1, 0.15) is 0 Å². The second kappa shape index (κ2) is 6.55. The average Bonchev–Trinajstić information content (AvgIpc) is 3.03. The molecule has 0 spiro atoms. The Labute approximate surface area is 124 Å². The van der Waals surface area contributed by atoms with Gasteiger partial charge in [-0.05, 0) is 42.2 Å². The molecule has 1 saturated heterocycles. The van der Waals surface area contributed by atoms with E-state index < -0.39 is 0 Å². The minimum Gasteiger partial charge on any atom is -0.381 e. The average molecular weight is 291 g/mol. The second-order valence-corrected chi connectivity index (χ2v) is 6.53. The summed E-state index contributed by atoms with van der Waals surface area (Å²) >= 11 is 1.78. The lowest BCUT2D eigenvalue weighted by molar-refractivity contribution is -0.132. The number of hydrogen-bond acceptors (Lipinski definition) is 3. The normalized spacial score (nSPS) is 23.5. The molecular weight excluding hydrogens is 270 g/mol. The summed E-state index contributed by atoms with van der Waals surface area (Å²) in [6.45, 7) is 3.24. The second-order valence-electron chi connectivity index (χ2n) is 5.58. The van der Waals surface area contributed by atoms with Crippen LogP contribution in [0.2, 0.25) is 0 Å². The van der Waals surface area contributed by atoms with Crippen molar-refractivity contribution in [2.24, 2.45) is 5.92 Å². The largest absolute Gasteiger partial charge is 0.381 e. The zero-order valence-corrected chi connectivity index (χ0v) is 12.5. The van der Waals surface area contributed by atoms with Gasteiger partial charge in [-0.1, -0.05) is 12.1 Å². The number of rotatable bonds is 3. The van der Waals surface area contributed by atoms with Crippen LogP contribution in [0.5, 0.6) is 0 Å². The molecule has 0 bridgehead atoms. The van der Waals surface area contributed by atoms with E-state index in [1.54, 1.807) is 11.3 Å². The van der Waals surface area contributed by atoms with Crippen molar-refractivity contribution in [2.75, 3.05) is 26.3 Å². The number of amides is 1. The van der Waals surface area contributed by atoms with Crippen LogP contribution >= 0.6 is 11.3 Å². The highest BCUT2D eigenvalue weighted by Crippen LogP contribution is 2.27. The highest BCUT2D eigenvalue weighted by atomic mass is 32.1. The van der Waals surface area contributed by atoms with E-state index in [2.05, 4.69) is 23.6 Å². The van der Waals surface area contributed by atoms with E-state index >= 15 is 0 Å². The molecule has 108 valence electrons. The van der Waals surface area contributed by atoms with E-state index in [1.807, 2.05) is 4.90 Å². The quantitative estimate of drug-likeness (QED) is 0.856. The zero-order valence-electron chi connectivity index (χ0n) is 11.7. The Balaban J connectivity index is 1.53. The number of thiophene rings is 1. The first-order valence-corrected chi connectivity index (χ1v) is 8.29. The van der Waals surface area contributed by atoms with Crippen molar-refractivity contribution < 1.29 is 9.53 Å². The number of nitrogens with zero attached hydrogens (tertiary/aromatic N) is 1. The molecule has 4 heteroatoms. The minimum absolute atomic E-state index is 0.293. The van der Waals surface area contributed by atoms with Gasteiger partial charge in [-0.2, -0.15) is 0 Å². The van der Waals surface area contributed by atoms with Gasteiger partial charge in [0.2, 0.25) is 5.91 Å². The fourth-order valence-corrected chi connectivity index (χ4v) is 3.72. The fourth-order valence-electron chi connectivity index (χ4n) is 2.93. The van der Waals surface area contributed by atoms with E-state index in [1.165, 1.54) is 10.5 Å². The molecule has 0 saturated carbocycles. The maximum absolute atomic E-state index is 12.3. The Kier molecular flexibility index (Phi) is 4.53. The number of ether oxygens (including phenoxy) is 1. The molecule has 1 fully saturated rings. The van der Waals surface area contributed by atoms with Gasteiger partial charge in [-0.3, -0.25) is 4.79 Å². The summed E-state index contributed by atoms with van der Waals surface area (Å²) in [5.74, 6) is 0.723. The topological polar surface area (TPSA) is 29.5 Å². The molecule has 1 atom stereocenters. The van der Waals surface area contributed by atoms with Crippen LogP contribution in [0.4, 0.5) is 0 Å². The van der Waals surface area contributed by atoms with Crippen molar-refractivity contribution >= 4 is 22.8 Å². The molecular formula is C16H21NO2S. The maximum Gasteiger partial charge on any atom is 0.223 e. The molecule has 1 amide bonds. The number of carbonyl (C=O) groups excluding carboxylic acids is 1. The Morgan fingerprint density at radius 2 is 2.45 bits per heavy atom.